The van der Waals surface area contributed by atoms with Gasteiger partial charge in [-0.1, -0.05) is 6.92 Å². The van der Waals surface area contributed by atoms with Crippen LogP contribution in [0.4, 0.5) is 5.13 Å². The number of piperidine rings is 1. The maximum atomic E-state index is 9.85. The van der Waals surface area contributed by atoms with Crippen molar-refractivity contribution in [3.05, 3.63) is 11.1 Å². The van der Waals surface area contributed by atoms with Gasteiger partial charge in [0.15, 0.2) is 5.13 Å². The molecule has 1 aliphatic rings. The summed E-state index contributed by atoms with van der Waals surface area (Å²) in [7, 11) is 0. The number of aliphatic hydroxyl groups excluding tert-OH is 1. The molecule has 17 heavy (non-hydrogen) atoms. The molecule has 2 N–H and O–H groups in total. The maximum absolute atomic E-state index is 9.85. The first kappa shape index (κ1) is 12.8. The van der Waals surface area contributed by atoms with Gasteiger partial charge in [-0.15, -0.1) is 11.3 Å². The van der Waals surface area contributed by atoms with Crippen molar-refractivity contribution in [1.82, 2.24) is 9.88 Å². The molecule has 0 saturated carbocycles. The van der Waals surface area contributed by atoms with E-state index < -0.39 is 0 Å². The van der Waals surface area contributed by atoms with Crippen molar-refractivity contribution in [2.24, 2.45) is 5.92 Å². The van der Waals surface area contributed by atoms with Gasteiger partial charge in [-0.25, -0.2) is 4.98 Å². The van der Waals surface area contributed by atoms with Crippen LogP contribution in [0.1, 0.15) is 25.1 Å². The lowest BCUT2D eigenvalue weighted by molar-refractivity contribution is 0.0263. The van der Waals surface area contributed by atoms with Gasteiger partial charge >= 0.3 is 0 Å². The molecule has 1 saturated heterocycles. The van der Waals surface area contributed by atoms with Crippen LogP contribution in [-0.2, 0) is 6.54 Å². The Balaban J connectivity index is 1.87. The summed E-state index contributed by atoms with van der Waals surface area (Å²) in [5, 5.41) is 14.1. The lowest BCUT2D eigenvalue weighted by atomic mass is 9.96. The molecular weight excluding hydrogens is 234 g/mol. The molecule has 1 aromatic heterocycles. The Morgan fingerprint density at radius 2 is 2.47 bits per heavy atom. The smallest absolute Gasteiger partial charge is 0.182 e. The summed E-state index contributed by atoms with van der Waals surface area (Å²) < 4.78 is 0. The van der Waals surface area contributed by atoms with Crippen LogP contribution in [0.2, 0.25) is 0 Å². The topological polar surface area (TPSA) is 48.4 Å². The fourth-order valence-corrected chi connectivity index (χ4v) is 3.01. The van der Waals surface area contributed by atoms with Crippen LogP contribution in [0, 0.1) is 5.92 Å². The molecule has 0 aromatic carbocycles. The fraction of sp³-hybridized carbons (Fsp3) is 0.750. The lowest BCUT2D eigenvalue weighted by Crippen LogP contribution is -2.42. The van der Waals surface area contributed by atoms with Crippen LogP contribution in [0.5, 0.6) is 0 Å². The van der Waals surface area contributed by atoms with Gasteiger partial charge < -0.3 is 10.4 Å². The number of anilines is 1. The number of hydrogen-bond donors (Lipinski definition) is 2. The van der Waals surface area contributed by atoms with Gasteiger partial charge in [-0.05, 0) is 25.8 Å². The first-order valence-electron chi connectivity index (χ1n) is 6.28. The van der Waals surface area contributed by atoms with Gasteiger partial charge in [0.25, 0.3) is 0 Å². The Hall–Kier alpha value is -0.650. The number of aromatic nitrogens is 1. The van der Waals surface area contributed by atoms with E-state index in [1.54, 1.807) is 11.3 Å². The average Bonchev–Trinajstić information content (AvgIpc) is 2.72. The van der Waals surface area contributed by atoms with Crippen molar-refractivity contribution in [1.29, 1.82) is 0 Å². The number of β-amino-alcohol motifs (C(OH)–C–C–N with tert-alkyl or cyclic N) is 1. The summed E-state index contributed by atoms with van der Waals surface area (Å²) in [6, 6.07) is 0. The highest BCUT2D eigenvalue weighted by atomic mass is 32.1. The molecule has 0 bridgehead atoms. The Morgan fingerprint density at radius 1 is 1.65 bits per heavy atom. The number of thiazole rings is 1. The lowest BCUT2D eigenvalue weighted by Gasteiger charge is -2.33. The maximum Gasteiger partial charge on any atom is 0.182 e. The minimum atomic E-state index is -0.176. The second-order valence-electron chi connectivity index (χ2n) is 4.73. The second kappa shape index (κ2) is 5.80. The van der Waals surface area contributed by atoms with Crippen molar-refractivity contribution in [2.75, 3.05) is 25.0 Å². The first-order valence-corrected chi connectivity index (χ1v) is 7.09. The number of hydrogen-bond acceptors (Lipinski definition) is 5. The van der Waals surface area contributed by atoms with E-state index >= 15 is 0 Å². The van der Waals surface area contributed by atoms with Crippen molar-refractivity contribution in [3.8, 4) is 0 Å². The Morgan fingerprint density at radius 3 is 3.18 bits per heavy atom. The van der Waals surface area contributed by atoms with Gasteiger partial charge in [0, 0.05) is 30.7 Å². The van der Waals surface area contributed by atoms with Gasteiger partial charge in [-0.2, -0.15) is 0 Å². The minimum absolute atomic E-state index is 0.176. The third kappa shape index (κ3) is 3.40. The van der Waals surface area contributed by atoms with Crippen LogP contribution in [0.3, 0.4) is 0 Å². The molecular formula is C12H21N3OS. The molecule has 2 atom stereocenters. The number of aliphatic hydroxyl groups is 1. The standard InChI is InChI=1S/C12H21N3OS/c1-3-13-12-14-6-10(17-12)7-15-5-4-9(2)11(16)8-15/h6,9,11,16H,3-5,7-8H2,1-2H3,(H,13,14). The second-order valence-corrected chi connectivity index (χ2v) is 5.85. The molecule has 96 valence electrons. The number of nitrogens with zero attached hydrogens (tertiary/aromatic N) is 2. The summed E-state index contributed by atoms with van der Waals surface area (Å²) in [5.74, 6) is 0.435. The largest absolute Gasteiger partial charge is 0.392 e. The van der Waals surface area contributed by atoms with Crippen molar-refractivity contribution in [3.63, 3.8) is 0 Å². The van der Waals surface area contributed by atoms with Gasteiger partial charge in [-0.3, -0.25) is 4.90 Å². The summed E-state index contributed by atoms with van der Waals surface area (Å²) in [6.07, 6.45) is 2.84. The SMILES string of the molecule is CCNc1ncc(CN2CCC(C)C(O)C2)s1. The van der Waals surface area contributed by atoms with E-state index in [0.29, 0.717) is 5.92 Å². The van der Waals surface area contributed by atoms with E-state index in [1.807, 2.05) is 6.20 Å². The van der Waals surface area contributed by atoms with Gasteiger partial charge in [0.05, 0.1) is 6.10 Å². The number of rotatable bonds is 4. The Bertz CT molecular complexity index is 355. The van der Waals surface area contributed by atoms with Crippen LogP contribution >= 0.6 is 11.3 Å². The van der Waals surface area contributed by atoms with E-state index in [0.717, 1.165) is 37.7 Å². The highest BCUT2D eigenvalue weighted by Gasteiger charge is 2.24. The zero-order valence-corrected chi connectivity index (χ0v) is 11.3. The molecule has 4 nitrogen and oxygen atoms in total. The first-order chi connectivity index (χ1) is 8.19. The molecule has 5 heteroatoms. The van der Waals surface area contributed by atoms with Crippen LogP contribution in [0.15, 0.2) is 6.20 Å². The highest BCUT2D eigenvalue weighted by molar-refractivity contribution is 7.15. The molecule has 0 amide bonds. The van der Waals surface area contributed by atoms with Crippen LogP contribution < -0.4 is 5.32 Å². The predicted molar refractivity (Wildman–Crippen MR) is 71.3 cm³/mol. The summed E-state index contributed by atoms with van der Waals surface area (Å²) in [6.45, 7) is 7.88. The summed E-state index contributed by atoms with van der Waals surface area (Å²) >= 11 is 1.71. The molecule has 0 aliphatic carbocycles. The summed E-state index contributed by atoms with van der Waals surface area (Å²) in [5.41, 5.74) is 0. The Kier molecular flexibility index (Phi) is 4.36. The molecule has 1 aliphatic heterocycles. The molecule has 2 unspecified atom stereocenters. The van der Waals surface area contributed by atoms with Crippen molar-refractivity contribution >= 4 is 16.5 Å². The highest BCUT2D eigenvalue weighted by Crippen LogP contribution is 2.23. The van der Waals surface area contributed by atoms with Crippen molar-refractivity contribution < 1.29 is 5.11 Å². The molecule has 0 spiro atoms. The molecule has 2 heterocycles. The molecule has 0 radical (unpaired) electrons. The normalized spacial score (nSPS) is 26.1. The quantitative estimate of drug-likeness (QED) is 0.861. The van der Waals surface area contributed by atoms with E-state index in [1.165, 1.54) is 4.88 Å². The monoisotopic (exact) mass is 255 g/mol. The Labute approximate surface area is 107 Å². The van der Waals surface area contributed by atoms with E-state index in [4.69, 9.17) is 0 Å². The number of likely N-dealkylation sites (tertiary alicyclic amines) is 1. The van der Waals surface area contributed by atoms with Crippen LogP contribution in [-0.4, -0.2) is 40.7 Å². The zero-order valence-electron chi connectivity index (χ0n) is 10.5. The van der Waals surface area contributed by atoms with Crippen molar-refractivity contribution in [2.45, 2.75) is 32.9 Å². The fourth-order valence-electron chi connectivity index (χ4n) is 2.09. The molecule has 2 rings (SSSR count). The van der Waals surface area contributed by atoms with Gasteiger partial charge in [0.1, 0.15) is 0 Å². The summed E-state index contributed by atoms with van der Waals surface area (Å²) in [4.78, 5) is 7.90. The minimum Gasteiger partial charge on any atom is -0.392 e. The molecule has 1 fully saturated rings. The van der Waals surface area contributed by atoms with E-state index in [-0.39, 0.29) is 6.10 Å². The van der Waals surface area contributed by atoms with E-state index in [9.17, 15) is 5.11 Å². The van der Waals surface area contributed by atoms with E-state index in [2.05, 4.69) is 29.0 Å². The van der Waals surface area contributed by atoms with Gasteiger partial charge in [0.2, 0.25) is 0 Å². The third-order valence-electron chi connectivity index (χ3n) is 3.26. The predicted octanol–water partition coefficient (Wildman–Crippen LogP) is 1.78. The molecule has 1 aromatic rings. The number of nitrogens with one attached hydrogen (secondary N) is 1. The average molecular weight is 255 g/mol. The zero-order chi connectivity index (χ0) is 12.3. The third-order valence-corrected chi connectivity index (χ3v) is 4.20. The van der Waals surface area contributed by atoms with Crippen LogP contribution in [0.25, 0.3) is 0 Å².